The summed E-state index contributed by atoms with van der Waals surface area (Å²) in [4.78, 5) is 19.4. The molecule has 0 saturated carbocycles. The van der Waals surface area contributed by atoms with Crippen LogP contribution in [0.25, 0.3) is 0 Å². The molecule has 7 nitrogen and oxygen atoms in total. The third-order valence-corrected chi connectivity index (χ3v) is 6.26. The maximum atomic E-state index is 13.8. The number of amidine groups is 1. The normalized spacial score (nSPS) is 28.3. The molecule has 2 N–H and O–H groups in total. The molecule has 152 valence electrons. The van der Waals surface area contributed by atoms with Gasteiger partial charge in [0, 0.05) is 30.9 Å². The zero-order valence-corrected chi connectivity index (χ0v) is 16.5. The van der Waals surface area contributed by atoms with Crippen molar-refractivity contribution in [2.24, 2.45) is 16.0 Å². The molecule has 9 heteroatoms. The van der Waals surface area contributed by atoms with E-state index >= 15 is 0 Å². The van der Waals surface area contributed by atoms with E-state index in [1.807, 2.05) is 12.3 Å². The Morgan fingerprint density at radius 2 is 2.21 bits per heavy atom. The first-order valence-electron chi connectivity index (χ1n) is 9.91. The molecule has 5 rings (SSSR count). The number of benzene rings is 1. The molecule has 1 aromatic carbocycles. The highest BCUT2D eigenvalue weighted by molar-refractivity contribution is 6.31. The minimum Gasteiger partial charge on any atom is -0.350 e. The quantitative estimate of drug-likeness (QED) is 0.789. The summed E-state index contributed by atoms with van der Waals surface area (Å²) in [7, 11) is 0. The van der Waals surface area contributed by atoms with Crippen LogP contribution in [0.2, 0.25) is 5.02 Å². The first kappa shape index (κ1) is 18.6. The van der Waals surface area contributed by atoms with E-state index in [-0.39, 0.29) is 35.9 Å². The molecule has 0 aromatic heterocycles. The Morgan fingerprint density at radius 3 is 3.00 bits per heavy atom. The number of likely N-dealkylation sites (tertiary alicyclic amines) is 1. The predicted octanol–water partition coefficient (Wildman–Crippen LogP) is 1.87. The van der Waals surface area contributed by atoms with Gasteiger partial charge in [-0.1, -0.05) is 11.6 Å². The lowest BCUT2D eigenvalue weighted by molar-refractivity contribution is -0.126. The zero-order valence-electron chi connectivity index (χ0n) is 15.8. The van der Waals surface area contributed by atoms with Crippen molar-refractivity contribution in [3.05, 3.63) is 46.9 Å². The molecule has 2 unspecified atom stereocenters. The number of nitrogens with one attached hydrogen (secondary N) is 2. The number of carbonyl (C=O) groups is 1. The van der Waals surface area contributed by atoms with Crippen LogP contribution in [0.5, 0.6) is 0 Å². The van der Waals surface area contributed by atoms with Crippen LogP contribution in [0.4, 0.5) is 4.39 Å². The first-order valence-corrected chi connectivity index (χ1v) is 10.3. The summed E-state index contributed by atoms with van der Waals surface area (Å²) in [5, 5.41) is 12.8. The van der Waals surface area contributed by atoms with E-state index < -0.39 is 0 Å². The van der Waals surface area contributed by atoms with Gasteiger partial charge in [0.05, 0.1) is 18.2 Å². The van der Waals surface area contributed by atoms with Crippen molar-refractivity contribution in [2.75, 3.05) is 19.6 Å². The SMILES string of the molecule is O=C(NC1C=NN2C=CC(N3CCC[C@@H]3c3cc(F)ccc3Cl)=NC12)C1CNC1. The Kier molecular flexibility index (Phi) is 4.75. The van der Waals surface area contributed by atoms with Gasteiger partial charge < -0.3 is 15.5 Å². The molecule has 4 aliphatic rings. The van der Waals surface area contributed by atoms with E-state index in [4.69, 9.17) is 16.6 Å². The van der Waals surface area contributed by atoms with Crippen molar-refractivity contribution in [3.8, 4) is 0 Å². The second kappa shape index (κ2) is 7.42. The molecular weight excluding hydrogens is 395 g/mol. The van der Waals surface area contributed by atoms with E-state index in [9.17, 15) is 9.18 Å². The molecular formula is C20H22ClFN6O. The number of nitrogens with zero attached hydrogens (tertiary/aromatic N) is 4. The van der Waals surface area contributed by atoms with Crippen molar-refractivity contribution >= 4 is 29.6 Å². The van der Waals surface area contributed by atoms with Crippen molar-refractivity contribution in [1.82, 2.24) is 20.5 Å². The lowest BCUT2D eigenvalue weighted by Crippen LogP contribution is -2.55. The highest BCUT2D eigenvalue weighted by Crippen LogP contribution is 2.37. The average Bonchev–Trinajstić information content (AvgIpc) is 3.29. The number of rotatable bonds is 3. The third kappa shape index (κ3) is 3.40. The van der Waals surface area contributed by atoms with Crippen molar-refractivity contribution in [3.63, 3.8) is 0 Å². The van der Waals surface area contributed by atoms with Gasteiger partial charge in [0.25, 0.3) is 0 Å². The highest BCUT2D eigenvalue weighted by Gasteiger charge is 2.37. The van der Waals surface area contributed by atoms with E-state index in [1.165, 1.54) is 12.1 Å². The number of halogens is 2. The number of aliphatic imine (C=N–C) groups is 1. The molecule has 1 aromatic rings. The van der Waals surface area contributed by atoms with Gasteiger partial charge in [0.2, 0.25) is 5.91 Å². The van der Waals surface area contributed by atoms with E-state index in [0.717, 1.165) is 30.8 Å². The summed E-state index contributed by atoms with van der Waals surface area (Å²) in [6, 6.07) is 4.20. The van der Waals surface area contributed by atoms with Gasteiger partial charge in [0.1, 0.15) is 17.7 Å². The maximum Gasteiger partial charge on any atom is 0.226 e. The number of carbonyl (C=O) groups excluding carboxylic acids is 1. The Balaban J connectivity index is 1.36. The standard InChI is InChI=1S/C20H22ClFN6O/c21-15-4-3-13(22)8-14(15)17-2-1-6-27(17)18-5-7-28-19(26-18)16(11-24-28)25-20(29)12-9-23-10-12/h3-5,7-8,11-12,16-17,19,23H,1-2,6,9-10H2,(H,25,29)/t16?,17-,19?/m1/s1. The molecule has 3 atom stereocenters. The van der Waals surface area contributed by atoms with Gasteiger partial charge in [0.15, 0.2) is 6.17 Å². The van der Waals surface area contributed by atoms with Gasteiger partial charge in [-0.25, -0.2) is 14.4 Å². The topological polar surface area (TPSA) is 72.3 Å². The summed E-state index contributed by atoms with van der Waals surface area (Å²) in [5.41, 5.74) is 0.785. The van der Waals surface area contributed by atoms with Crippen molar-refractivity contribution < 1.29 is 9.18 Å². The molecule has 2 saturated heterocycles. The van der Waals surface area contributed by atoms with E-state index in [1.54, 1.807) is 17.3 Å². The van der Waals surface area contributed by atoms with E-state index in [0.29, 0.717) is 18.1 Å². The average molecular weight is 417 g/mol. The second-order valence-corrected chi connectivity index (χ2v) is 8.18. The Bertz CT molecular complexity index is 914. The Morgan fingerprint density at radius 1 is 1.34 bits per heavy atom. The Hall–Kier alpha value is -2.45. The number of hydrazone groups is 1. The smallest absolute Gasteiger partial charge is 0.226 e. The van der Waals surface area contributed by atoms with Crippen molar-refractivity contribution in [1.29, 1.82) is 0 Å². The largest absolute Gasteiger partial charge is 0.350 e. The summed E-state index contributed by atoms with van der Waals surface area (Å²) < 4.78 is 13.8. The lowest BCUT2D eigenvalue weighted by atomic mass is 10.0. The summed E-state index contributed by atoms with van der Waals surface area (Å²) >= 11 is 6.37. The molecule has 1 amide bonds. The Labute approximate surface area is 173 Å². The zero-order chi connectivity index (χ0) is 20.0. The van der Waals surface area contributed by atoms with Gasteiger partial charge in [-0.2, -0.15) is 5.10 Å². The minimum atomic E-state index is -0.309. The first-order chi connectivity index (χ1) is 14.1. The van der Waals surface area contributed by atoms with Gasteiger partial charge in [-0.15, -0.1) is 0 Å². The molecule has 0 bridgehead atoms. The van der Waals surface area contributed by atoms with Crippen LogP contribution in [0, 0.1) is 11.7 Å². The molecule has 0 aliphatic carbocycles. The van der Waals surface area contributed by atoms with Crippen LogP contribution in [-0.2, 0) is 4.79 Å². The van der Waals surface area contributed by atoms with Crippen LogP contribution in [0.3, 0.4) is 0 Å². The molecule has 4 aliphatic heterocycles. The van der Waals surface area contributed by atoms with Gasteiger partial charge in [-0.05, 0) is 42.7 Å². The summed E-state index contributed by atoms with van der Waals surface area (Å²) in [6.45, 7) is 2.24. The highest BCUT2D eigenvalue weighted by atomic mass is 35.5. The lowest BCUT2D eigenvalue weighted by Gasteiger charge is -2.33. The fraction of sp³-hybridized carbons (Fsp3) is 0.450. The van der Waals surface area contributed by atoms with Crippen LogP contribution in [0.1, 0.15) is 24.4 Å². The van der Waals surface area contributed by atoms with Crippen LogP contribution >= 0.6 is 11.6 Å². The molecule has 0 radical (unpaired) electrons. The van der Waals surface area contributed by atoms with E-state index in [2.05, 4.69) is 20.6 Å². The molecule has 29 heavy (non-hydrogen) atoms. The van der Waals surface area contributed by atoms with Crippen LogP contribution < -0.4 is 10.6 Å². The number of hydrogen-bond donors (Lipinski definition) is 2. The molecule has 4 heterocycles. The molecule has 0 spiro atoms. The fourth-order valence-corrected chi connectivity index (χ4v) is 4.46. The fourth-order valence-electron chi connectivity index (χ4n) is 4.22. The summed E-state index contributed by atoms with van der Waals surface area (Å²) in [5.74, 6) is 0.558. The molecule has 2 fully saturated rings. The number of fused-ring (bicyclic) bond motifs is 1. The third-order valence-electron chi connectivity index (χ3n) is 5.92. The summed E-state index contributed by atoms with van der Waals surface area (Å²) in [6.07, 6.45) is 7.08. The van der Waals surface area contributed by atoms with Gasteiger partial charge >= 0.3 is 0 Å². The minimum absolute atomic E-state index is 0.0121. The predicted molar refractivity (Wildman–Crippen MR) is 109 cm³/mol. The number of amides is 1. The monoisotopic (exact) mass is 416 g/mol. The van der Waals surface area contributed by atoms with Crippen LogP contribution in [0.15, 0.2) is 40.6 Å². The maximum absolute atomic E-state index is 13.8. The number of hydrogen-bond acceptors (Lipinski definition) is 6. The van der Waals surface area contributed by atoms with Crippen molar-refractivity contribution in [2.45, 2.75) is 31.1 Å². The van der Waals surface area contributed by atoms with Gasteiger partial charge in [-0.3, -0.25) is 4.79 Å². The second-order valence-electron chi connectivity index (χ2n) is 7.77. The van der Waals surface area contributed by atoms with Crippen LogP contribution in [-0.4, -0.2) is 59.7 Å².